The van der Waals surface area contributed by atoms with Gasteiger partial charge in [-0.2, -0.15) is 0 Å². The maximum atomic E-state index is 2.41. The topological polar surface area (TPSA) is 3.24 Å². The molecule has 8 aromatic carbocycles. The van der Waals surface area contributed by atoms with Crippen LogP contribution in [0.5, 0.6) is 0 Å². The first-order valence-corrected chi connectivity index (χ1v) is 23.0. The smallest absolute Gasteiger partial charge is 0.0468 e. The minimum atomic E-state index is 0.349. The van der Waals surface area contributed by atoms with E-state index in [0.29, 0.717) is 11.2 Å². The Morgan fingerprint density at radius 3 is 2.13 bits per heavy atom. The lowest BCUT2D eigenvalue weighted by molar-refractivity contribution is 0.893. The number of allylic oxidation sites excluding steroid dienone is 8. The average molecular weight is 812 g/mol. The van der Waals surface area contributed by atoms with Gasteiger partial charge in [0.2, 0.25) is 0 Å². The fourth-order valence-corrected chi connectivity index (χ4v) is 11.8. The number of thioether (sulfide) groups is 1. The SMILES string of the molecule is C1=CC2c3cccc(-c4cccc(-c5ccc(N(c6ccc7ccccc7c6)c6ccc7c8c(ccc7c6)C=CCC8)cc5)c4)c3SC2C(c2ccc(C3=CCCC=C3)cc2)=C1. The molecule has 1 heterocycles. The first-order valence-electron chi connectivity index (χ1n) is 22.1. The molecule has 2 heteroatoms. The number of hydrogen-bond acceptors (Lipinski definition) is 2. The van der Waals surface area contributed by atoms with Crippen LogP contribution in [0.1, 0.15) is 53.0 Å². The number of hydrogen-bond donors (Lipinski definition) is 0. The van der Waals surface area contributed by atoms with E-state index >= 15 is 0 Å². The van der Waals surface area contributed by atoms with Crippen molar-refractivity contribution in [3.05, 3.63) is 234 Å². The van der Waals surface area contributed by atoms with Crippen LogP contribution in [-0.2, 0) is 6.42 Å². The Bertz CT molecular complexity index is 3210. The summed E-state index contributed by atoms with van der Waals surface area (Å²) >= 11 is 2.04. The van der Waals surface area contributed by atoms with Gasteiger partial charge in [-0.25, -0.2) is 0 Å². The predicted molar refractivity (Wildman–Crippen MR) is 267 cm³/mol. The second-order valence-electron chi connectivity index (χ2n) is 17.0. The zero-order valence-corrected chi connectivity index (χ0v) is 35.4. The molecular formula is C60H45NS. The molecule has 8 aromatic rings. The van der Waals surface area contributed by atoms with E-state index in [-0.39, 0.29) is 0 Å². The summed E-state index contributed by atoms with van der Waals surface area (Å²) in [5, 5.41) is 5.47. The quantitative estimate of drug-likeness (QED) is 0.158. The van der Waals surface area contributed by atoms with Crippen LogP contribution < -0.4 is 4.90 Å². The van der Waals surface area contributed by atoms with Gasteiger partial charge in [0.1, 0.15) is 0 Å². The molecule has 0 amide bonds. The van der Waals surface area contributed by atoms with Crippen molar-refractivity contribution in [3.8, 4) is 22.3 Å². The minimum Gasteiger partial charge on any atom is -0.310 e. The van der Waals surface area contributed by atoms with Gasteiger partial charge in [0.15, 0.2) is 0 Å². The molecule has 2 atom stereocenters. The Labute approximate surface area is 368 Å². The standard InChI is InChI=1S/C60H45NS/c1-2-11-40(12-3-1)42-23-25-45(26-24-42)55-19-9-21-57-58-22-10-20-56(60(58)62-59(55)57)48-17-8-16-46(37-48)43-29-32-50(33-30-43)61(51-34-31-41-13-4-5-15-47(41)38-51)52-35-36-54-49(39-52)28-27-44-14-6-7-18-53(44)54/h2,4-6,8-17,19-39,57,59H,1,3,7,18H2. The molecule has 3 aliphatic carbocycles. The average Bonchev–Trinajstić information content (AvgIpc) is 3.74. The molecule has 62 heavy (non-hydrogen) atoms. The van der Waals surface area contributed by atoms with Crippen molar-refractivity contribution in [3.63, 3.8) is 0 Å². The summed E-state index contributed by atoms with van der Waals surface area (Å²) < 4.78 is 0. The monoisotopic (exact) mass is 811 g/mol. The predicted octanol–water partition coefficient (Wildman–Crippen LogP) is 16.7. The minimum absolute atomic E-state index is 0.349. The van der Waals surface area contributed by atoms with Crippen molar-refractivity contribution in [1.82, 2.24) is 0 Å². The second kappa shape index (κ2) is 15.5. The number of aryl methyl sites for hydroxylation is 1. The van der Waals surface area contributed by atoms with Crippen LogP contribution in [-0.4, -0.2) is 5.25 Å². The lowest BCUT2D eigenvalue weighted by atomic mass is 9.84. The Balaban J connectivity index is 0.858. The van der Waals surface area contributed by atoms with Crippen molar-refractivity contribution in [2.24, 2.45) is 0 Å². The lowest BCUT2D eigenvalue weighted by Gasteiger charge is -2.27. The zero-order valence-electron chi connectivity index (χ0n) is 34.5. The molecule has 0 fully saturated rings. The van der Waals surface area contributed by atoms with E-state index in [9.17, 15) is 0 Å². The molecule has 0 saturated carbocycles. The second-order valence-corrected chi connectivity index (χ2v) is 18.1. The van der Waals surface area contributed by atoms with Crippen LogP contribution in [0.2, 0.25) is 0 Å². The third-order valence-electron chi connectivity index (χ3n) is 13.3. The number of benzene rings is 8. The van der Waals surface area contributed by atoms with E-state index in [1.54, 1.807) is 0 Å². The van der Waals surface area contributed by atoms with Crippen LogP contribution in [0.3, 0.4) is 0 Å². The highest BCUT2D eigenvalue weighted by Crippen LogP contribution is 2.55. The fraction of sp³-hybridized carbons (Fsp3) is 0.100. The molecule has 0 N–H and O–H groups in total. The van der Waals surface area contributed by atoms with Crippen LogP contribution in [0.4, 0.5) is 17.1 Å². The van der Waals surface area contributed by atoms with E-state index in [4.69, 9.17) is 0 Å². The number of rotatable bonds is 7. The molecule has 0 saturated heterocycles. The third kappa shape index (κ3) is 6.58. The number of nitrogens with zero attached hydrogens (tertiary/aromatic N) is 1. The molecule has 4 aliphatic rings. The summed E-state index contributed by atoms with van der Waals surface area (Å²) in [7, 11) is 0. The Morgan fingerprint density at radius 2 is 1.26 bits per heavy atom. The van der Waals surface area contributed by atoms with E-state index in [0.717, 1.165) is 42.7 Å². The van der Waals surface area contributed by atoms with Crippen molar-refractivity contribution < 1.29 is 0 Å². The van der Waals surface area contributed by atoms with Gasteiger partial charge in [0, 0.05) is 33.1 Å². The summed E-state index contributed by atoms with van der Waals surface area (Å²) in [6.07, 6.45) is 23.0. The largest absolute Gasteiger partial charge is 0.310 e. The summed E-state index contributed by atoms with van der Waals surface area (Å²) in [6.45, 7) is 0. The van der Waals surface area contributed by atoms with Crippen molar-refractivity contribution in [2.45, 2.75) is 41.7 Å². The summed E-state index contributed by atoms with van der Waals surface area (Å²) in [5.41, 5.74) is 18.0. The molecule has 0 spiro atoms. The Kier molecular flexibility index (Phi) is 9.26. The van der Waals surface area contributed by atoms with Gasteiger partial charge in [-0.3, -0.25) is 0 Å². The van der Waals surface area contributed by atoms with Crippen LogP contribution in [0.25, 0.3) is 61.0 Å². The van der Waals surface area contributed by atoms with E-state index in [1.807, 2.05) is 11.8 Å². The molecule has 0 bridgehead atoms. The fourth-order valence-electron chi connectivity index (χ4n) is 10.2. The normalized spacial score (nSPS) is 17.4. The van der Waals surface area contributed by atoms with Gasteiger partial charge in [0.25, 0.3) is 0 Å². The maximum Gasteiger partial charge on any atom is 0.0468 e. The molecular weight excluding hydrogens is 767 g/mol. The summed E-state index contributed by atoms with van der Waals surface area (Å²) in [4.78, 5) is 3.81. The molecule has 0 radical (unpaired) electrons. The molecule has 0 aromatic heterocycles. The van der Waals surface area contributed by atoms with Crippen LogP contribution in [0.15, 0.2) is 211 Å². The Morgan fingerprint density at radius 1 is 0.516 bits per heavy atom. The zero-order chi connectivity index (χ0) is 41.0. The number of anilines is 3. The molecule has 2 unspecified atom stereocenters. The molecule has 12 rings (SSSR count). The highest BCUT2D eigenvalue weighted by atomic mass is 32.2. The maximum absolute atomic E-state index is 2.41. The highest BCUT2D eigenvalue weighted by molar-refractivity contribution is 8.01. The van der Waals surface area contributed by atoms with E-state index < -0.39 is 0 Å². The van der Waals surface area contributed by atoms with Gasteiger partial charge in [0.05, 0.1) is 0 Å². The molecule has 1 aliphatic heterocycles. The Hall–Kier alpha value is -6.87. The van der Waals surface area contributed by atoms with E-state index in [2.05, 4.69) is 217 Å². The lowest BCUT2D eigenvalue weighted by Crippen LogP contribution is -2.13. The van der Waals surface area contributed by atoms with Crippen LogP contribution >= 0.6 is 11.8 Å². The first kappa shape index (κ1) is 36.9. The van der Waals surface area contributed by atoms with Gasteiger partial charge in [-0.1, -0.05) is 170 Å². The van der Waals surface area contributed by atoms with Gasteiger partial charge in [-0.15, -0.1) is 11.8 Å². The van der Waals surface area contributed by atoms with Crippen molar-refractivity contribution in [1.29, 1.82) is 0 Å². The third-order valence-corrected chi connectivity index (χ3v) is 14.8. The summed E-state index contributed by atoms with van der Waals surface area (Å²) in [5.74, 6) is 0.352. The van der Waals surface area contributed by atoms with Gasteiger partial charge >= 0.3 is 0 Å². The van der Waals surface area contributed by atoms with Crippen molar-refractivity contribution >= 4 is 67.6 Å². The highest BCUT2D eigenvalue weighted by Gasteiger charge is 2.37. The molecule has 296 valence electrons. The number of fused-ring (bicyclic) bond motifs is 7. The molecule has 1 nitrogen and oxygen atoms in total. The van der Waals surface area contributed by atoms with Gasteiger partial charge in [-0.05, 0) is 151 Å². The van der Waals surface area contributed by atoms with Crippen molar-refractivity contribution in [2.75, 3.05) is 4.90 Å². The van der Waals surface area contributed by atoms with Gasteiger partial charge < -0.3 is 4.90 Å². The van der Waals surface area contributed by atoms with Crippen LogP contribution in [0, 0.1) is 0 Å². The summed E-state index contributed by atoms with van der Waals surface area (Å²) in [6, 6.07) is 61.5. The van der Waals surface area contributed by atoms with E-state index in [1.165, 1.54) is 87.7 Å². The first-order chi connectivity index (χ1) is 30.7.